The molecule has 0 aliphatic carbocycles. The highest BCUT2D eigenvalue weighted by Gasteiger charge is 2.13. The Kier molecular flexibility index (Phi) is 4.10. The molecule has 0 atom stereocenters. The van der Waals surface area contributed by atoms with Gasteiger partial charge in [-0.2, -0.15) is 0 Å². The highest BCUT2D eigenvalue weighted by molar-refractivity contribution is 14.1. The Hall–Kier alpha value is -2.15. The van der Waals surface area contributed by atoms with Crippen molar-refractivity contribution >= 4 is 56.1 Å². The Labute approximate surface area is 153 Å². The zero-order chi connectivity index (χ0) is 16.5. The van der Waals surface area contributed by atoms with Gasteiger partial charge in [0.1, 0.15) is 11.3 Å². The van der Waals surface area contributed by atoms with E-state index in [1.807, 2.05) is 47.3 Å². The lowest BCUT2D eigenvalue weighted by atomic mass is 10.2. The minimum atomic E-state index is 0.799. The van der Waals surface area contributed by atoms with Gasteiger partial charge in [-0.3, -0.25) is 0 Å². The molecule has 2 aromatic carbocycles. The molecular weight excluding hydrogens is 413 g/mol. The third-order valence-electron chi connectivity index (χ3n) is 4.20. The molecule has 0 saturated carbocycles. The quantitative estimate of drug-likeness (QED) is 0.315. The molecule has 0 spiro atoms. The summed E-state index contributed by atoms with van der Waals surface area (Å²) in [5.74, 6) is 0.799. The van der Waals surface area contributed by atoms with Gasteiger partial charge in [0, 0.05) is 18.4 Å². The molecule has 0 unspecified atom stereocenters. The lowest BCUT2D eigenvalue weighted by Crippen LogP contribution is -2.00. The lowest BCUT2D eigenvalue weighted by molar-refractivity contribution is 0.505. The average Bonchev–Trinajstić information content (AvgIpc) is 2.93. The van der Waals surface area contributed by atoms with Crippen LogP contribution in [0.4, 0.5) is 0 Å². The van der Waals surface area contributed by atoms with Crippen LogP contribution < -0.4 is 0 Å². The van der Waals surface area contributed by atoms with Gasteiger partial charge in [0.05, 0.1) is 16.6 Å². The number of aromatic nitrogens is 3. The van der Waals surface area contributed by atoms with E-state index in [0.717, 1.165) is 52.7 Å². The van der Waals surface area contributed by atoms with E-state index in [0.29, 0.717) is 0 Å². The van der Waals surface area contributed by atoms with E-state index >= 15 is 0 Å². The van der Waals surface area contributed by atoms with E-state index in [4.69, 9.17) is 13.0 Å². The van der Waals surface area contributed by atoms with E-state index in [1.54, 1.807) is 0 Å². The summed E-state index contributed by atoms with van der Waals surface area (Å²) in [4.78, 5) is 9.74. The van der Waals surface area contributed by atoms with Crippen molar-refractivity contribution in [2.75, 3.05) is 0 Å². The molecule has 0 fully saturated rings. The topological polar surface area (TPSA) is 39.9 Å². The van der Waals surface area contributed by atoms with Crippen LogP contribution in [0.3, 0.4) is 0 Å². The van der Waals surface area contributed by atoms with E-state index < -0.39 is 0 Å². The van der Waals surface area contributed by atoms with Crippen molar-refractivity contribution in [1.82, 2.24) is 14.5 Å². The van der Waals surface area contributed by atoms with E-state index in [-0.39, 0.29) is 0 Å². The van der Waals surface area contributed by atoms with Crippen LogP contribution in [0.1, 0.15) is 12.8 Å². The predicted molar refractivity (Wildman–Crippen MR) is 106 cm³/mol. The second kappa shape index (κ2) is 6.39. The fraction of sp³-hybridized carbons (Fsp3) is 0.158. The average molecular weight is 429 g/mol. The number of para-hydroxylation sites is 3. The molecule has 0 aliphatic heterocycles. The summed E-state index contributed by atoms with van der Waals surface area (Å²) >= 11 is 1.88. The minimum absolute atomic E-state index is 0.799. The number of rotatable bonds is 5. The van der Waals surface area contributed by atoms with Crippen LogP contribution in [0.15, 0.2) is 60.9 Å². The van der Waals surface area contributed by atoms with Crippen molar-refractivity contribution in [1.29, 1.82) is 0 Å². The van der Waals surface area contributed by atoms with E-state index in [1.165, 1.54) is 5.52 Å². The highest BCUT2D eigenvalue weighted by Crippen LogP contribution is 2.28. The van der Waals surface area contributed by atoms with Crippen molar-refractivity contribution in [3.05, 3.63) is 60.9 Å². The van der Waals surface area contributed by atoms with Crippen molar-refractivity contribution in [2.45, 2.75) is 19.4 Å². The van der Waals surface area contributed by atoms with Gasteiger partial charge in [0.2, 0.25) is 0 Å². The van der Waals surface area contributed by atoms with Crippen LogP contribution in [0.2, 0.25) is 0 Å². The number of nitrogens with zero attached hydrogens (tertiary/aromatic N) is 3. The molecule has 0 saturated heterocycles. The number of fused-ring (bicyclic) bond motifs is 4. The Morgan fingerprint density at radius 3 is 2.54 bits per heavy atom. The molecule has 120 valence electrons. The summed E-state index contributed by atoms with van der Waals surface area (Å²) in [7, 11) is 0. The van der Waals surface area contributed by atoms with Gasteiger partial charge in [0.25, 0.3) is 0 Å². The monoisotopic (exact) mass is 429 g/mol. The van der Waals surface area contributed by atoms with Gasteiger partial charge in [-0.05, 0) is 24.6 Å². The maximum Gasteiger partial charge on any atom is 0.192 e. The predicted octanol–water partition coefficient (Wildman–Crippen LogP) is 5.40. The number of benzene rings is 2. The third-order valence-corrected chi connectivity index (χ3v) is 4.83. The Bertz CT molecular complexity index is 1050. The largest absolute Gasteiger partial charge is 0.433 e. The highest BCUT2D eigenvalue weighted by atomic mass is 127. The first-order valence-corrected chi connectivity index (χ1v) is 8.76. The summed E-state index contributed by atoms with van der Waals surface area (Å²) in [6, 6.07) is 16.4. The van der Waals surface area contributed by atoms with Gasteiger partial charge >= 0.3 is 0 Å². The van der Waals surface area contributed by atoms with Crippen molar-refractivity contribution in [3.63, 3.8) is 0 Å². The normalized spacial score (nSPS) is 11.4. The smallest absolute Gasteiger partial charge is 0.192 e. The van der Waals surface area contributed by atoms with Crippen LogP contribution in [0.25, 0.3) is 33.1 Å². The lowest BCUT2D eigenvalue weighted by Gasteiger charge is -2.07. The number of hydrogen-bond donors (Lipinski definition) is 0. The fourth-order valence-corrected chi connectivity index (χ4v) is 3.30. The molecule has 0 amide bonds. The summed E-state index contributed by atoms with van der Waals surface area (Å²) in [5, 5.41) is 1.15. The third kappa shape index (κ3) is 2.62. The van der Waals surface area contributed by atoms with Gasteiger partial charge in [-0.15, -0.1) is 0 Å². The standard InChI is InChI=1S/C19H16IN3O/c1-13(24-20)7-6-12-23-17-11-5-2-8-14(17)18-19(23)22-16-10-4-3-9-15(16)21-18/h2-5,8-11H,1,6-7,12H2. The Morgan fingerprint density at radius 1 is 1.04 bits per heavy atom. The number of allylic oxidation sites excluding steroid dienone is 1. The fourth-order valence-electron chi connectivity index (χ4n) is 3.08. The van der Waals surface area contributed by atoms with Gasteiger partial charge in [0.15, 0.2) is 28.7 Å². The van der Waals surface area contributed by atoms with Crippen LogP contribution in [-0.2, 0) is 9.61 Å². The van der Waals surface area contributed by atoms with Crippen LogP contribution >= 0.6 is 23.0 Å². The molecule has 5 heteroatoms. The minimum Gasteiger partial charge on any atom is -0.433 e. The van der Waals surface area contributed by atoms with Crippen molar-refractivity contribution < 1.29 is 3.07 Å². The molecule has 0 N–H and O–H groups in total. The molecule has 2 heterocycles. The summed E-state index contributed by atoms with van der Waals surface area (Å²) in [6.07, 6.45) is 1.78. The SMILES string of the molecule is C=C(CCCn1c2ccccc2c2nc3ccccc3nc21)OI. The second-order valence-electron chi connectivity index (χ2n) is 5.77. The zero-order valence-corrected chi connectivity index (χ0v) is 15.2. The maximum atomic E-state index is 5.14. The van der Waals surface area contributed by atoms with Crippen molar-refractivity contribution in [3.8, 4) is 0 Å². The van der Waals surface area contributed by atoms with E-state index in [2.05, 4.69) is 35.4 Å². The molecule has 4 aromatic rings. The number of aryl methyl sites for hydroxylation is 1. The summed E-state index contributed by atoms with van der Waals surface area (Å²) < 4.78 is 7.40. The summed E-state index contributed by atoms with van der Waals surface area (Å²) in [5.41, 5.74) is 4.93. The van der Waals surface area contributed by atoms with Crippen LogP contribution in [-0.4, -0.2) is 14.5 Å². The first kappa shape index (κ1) is 15.4. The Balaban J connectivity index is 1.88. The van der Waals surface area contributed by atoms with Gasteiger partial charge in [-0.1, -0.05) is 36.9 Å². The maximum absolute atomic E-state index is 5.14. The van der Waals surface area contributed by atoms with E-state index in [9.17, 15) is 0 Å². The van der Waals surface area contributed by atoms with Crippen LogP contribution in [0.5, 0.6) is 0 Å². The molecular formula is C19H16IN3O. The second-order valence-corrected chi connectivity index (χ2v) is 6.21. The number of halogens is 1. The molecule has 24 heavy (non-hydrogen) atoms. The first-order chi connectivity index (χ1) is 11.8. The summed E-state index contributed by atoms with van der Waals surface area (Å²) in [6.45, 7) is 4.75. The molecule has 0 bridgehead atoms. The Morgan fingerprint density at radius 2 is 1.75 bits per heavy atom. The zero-order valence-electron chi connectivity index (χ0n) is 13.1. The van der Waals surface area contributed by atoms with Crippen LogP contribution in [0, 0.1) is 0 Å². The first-order valence-electron chi connectivity index (χ1n) is 7.88. The molecule has 0 aliphatic rings. The molecule has 0 radical (unpaired) electrons. The van der Waals surface area contributed by atoms with Gasteiger partial charge in [-0.25, -0.2) is 9.97 Å². The molecule has 4 rings (SSSR count). The molecule has 2 aromatic heterocycles. The molecule has 4 nitrogen and oxygen atoms in total. The number of hydrogen-bond acceptors (Lipinski definition) is 3. The van der Waals surface area contributed by atoms with Gasteiger partial charge < -0.3 is 7.63 Å². The van der Waals surface area contributed by atoms with Crippen molar-refractivity contribution in [2.24, 2.45) is 0 Å².